The second-order valence-corrected chi connectivity index (χ2v) is 13.3. The van der Waals surface area contributed by atoms with Crippen molar-refractivity contribution in [2.24, 2.45) is 0 Å². The molecule has 3 rings (SSSR count). The Hall–Kier alpha value is -0.780. The fraction of sp³-hybridized carbons (Fsp3) is 0.667. The van der Waals surface area contributed by atoms with Gasteiger partial charge in [-0.05, 0) is 0 Å². The van der Waals surface area contributed by atoms with Crippen LogP contribution in [0.2, 0.25) is 0 Å². The summed E-state index contributed by atoms with van der Waals surface area (Å²) in [6, 6.07) is 1.73. The van der Waals surface area contributed by atoms with Gasteiger partial charge in [-0.1, -0.05) is 0 Å². The molecule has 14 heteroatoms. The minimum atomic E-state index is -4.56. The first-order valence-corrected chi connectivity index (χ1v) is 12.5. The number of ether oxygens (including phenoxy) is 1. The Kier molecular flexibility index (Phi) is 5.63. The van der Waals surface area contributed by atoms with Gasteiger partial charge in [0.25, 0.3) is 0 Å². The molecule has 3 atom stereocenters. The average molecular weight is 415 g/mol. The normalized spacial score (nSPS) is 29.6. The van der Waals surface area contributed by atoms with Gasteiger partial charge in [0.1, 0.15) is 0 Å². The summed E-state index contributed by atoms with van der Waals surface area (Å²) in [5.41, 5.74) is -0.552. The van der Waals surface area contributed by atoms with Gasteiger partial charge >= 0.3 is 148 Å². The molecule has 0 aliphatic carbocycles. The average Bonchev–Trinajstić information content (AvgIpc) is 3.19. The summed E-state index contributed by atoms with van der Waals surface area (Å²) in [6.45, 7) is 3.42. The van der Waals surface area contributed by atoms with Crippen molar-refractivity contribution in [1.82, 2.24) is 9.55 Å². The molecule has 0 spiro atoms. The predicted molar refractivity (Wildman–Crippen MR) is 93.2 cm³/mol. The zero-order valence-electron chi connectivity index (χ0n) is 14.1. The van der Waals surface area contributed by atoms with Crippen LogP contribution in [0, 0.1) is 0 Å². The van der Waals surface area contributed by atoms with Gasteiger partial charge < -0.3 is 0 Å². The first kappa shape index (κ1) is 20.0. The monoisotopic (exact) mass is 415 g/mol. The van der Waals surface area contributed by atoms with Crippen molar-refractivity contribution in [3.8, 4) is 0 Å². The second-order valence-electron chi connectivity index (χ2n) is 6.40. The summed E-state index contributed by atoms with van der Waals surface area (Å²) in [6.07, 6.45) is -1.13. The molecule has 1 aromatic rings. The Bertz CT molecular complexity index is 711. The van der Waals surface area contributed by atoms with Crippen molar-refractivity contribution in [1.29, 1.82) is 0 Å². The quantitative estimate of drug-likeness (QED) is 0.222. The van der Waals surface area contributed by atoms with Gasteiger partial charge in [-0.3, -0.25) is 0 Å². The topological polar surface area (TPSA) is 171 Å². The minimum absolute atomic E-state index is 0.0900. The van der Waals surface area contributed by atoms with Crippen molar-refractivity contribution in [3.05, 3.63) is 22.7 Å². The fourth-order valence-electron chi connectivity index (χ4n) is 2.48. The molecule has 2 aliphatic heterocycles. The molecule has 1 unspecified atom stereocenters. The predicted octanol–water partition coefficient (Wildman–Crippen LogP) is -0.428. The number of anilines is 1. The van der Waals surface area contributed by atoms with Gasteiger partial charge in [-0.2, -0.15) is 0 Å². The van der Waals surface area contributed by atoms with Gasteiger partial charge in [0.2, 0.25) is 0 Å². The molecule has 0 radical (unpaired) electrons. The van der Waals surface area contributed by atoms with Gasteiger partial charge in [-0.25, -0.2) is 0 Å². The summed E-state index contributed by atoms with van der Waals surface area (Å²) in [7, 11) is -8.58. The maximum atomic E-state index is 12.2. The number of hydrogen-bond donors (Lipinski definition) is 5. The van der Waals surface area contributed by atoms with E-state index in [2.05, 4.69) is 19.6 Å². The third kappa shape index (κ3) is 4.20. The third-order valence-corrected chi connectivity index (χ3v) is 9.16. The molecule has 3 heterocycles. The maximum absolute atomic E-state index is 12.2. The first-order valence-electron chi connectivity index (χ1n) is 7.98. The zero-order chi connectivity index (χ0) is 19.1. The molecular formula is C12H23N3O9P2. The van der Waals surface area contributed by atoms with E-state index in [9.17, 15) is 24.6 Å². The molecular weight excluding hydrogens is 392 g/mol. The molecule has 12 nitrogen and oxygen atoms in total. The van der Waals surface area contributed by atoms with Crippen LogP contribution in [-0.2, 0) is 18.6 Å². The van der Waals surface area contributed by atoms with Crippen LogP contribution in [0.15, 0.2) is 17.1 Å². The second kappa shape index (κ2) is 7.33. The van der Waals surface area contributed by atoms with Crippen molar-refractivity contribution in [3.63, 3.8) is 0 Å². The third-order valence-electron chi connectivity index (χ3n) is 3.88. The molecule has 2 fully saturated rings. The fourth-order valence-corrected chi connectivity index (χ4v) is 5.42. The number of nitrogens with one attached hydrogen (secondary N) is 1. The van der Waals surface area contributed by atoms with Crippen LogP contribution < -0.4 is 11.0 Å². The Labute approximate surface area is 149 Å². The molecule has 150 valence electrons. The van der Waals surface area contributed by atoms with Crippen LogP contribution in [0.25, 0.3) is 0 Å². The summed E-state index contributed by atoms with van der Waals surface area (Å²) < 4.78 is 20.1. The van der Waals surface area contributed by atoms with E-state index in [0.29, 0.717) is 5.82 Å². The van der Waals surface area contributed by atoms with Crippen LogP contribution in [-0.4, -0.2) is 54.2 Å². The van der Waals surface area contributed by atoms with Crippen LogP contribution in [0.1, 0.15) is 26.5 Å². The van der Waals surface area contributed by atoms with E-state index in [-0.39, 0.29) is 12.5 Å². The Morgan fingerprint density at radius 2 is 2.19 bits per heavy atom. The Morgan fingerprint density at radius 3 is 2.77 bits per heavy atom. The SMILES string of the molecule is CC(C)Nc1ccn([C@H]2CC(O)[C@@H](CO[PH](O)(O)[PH]3(O)OO3)O2)c(=O)n1. The molecule has 1 aromatic heterocycles. The van der Waals surface area contributed by atoms with Crippen LogP contribution in [0.4, 0.5) is 5.82 Å². The van der Waals surface area contributed by atoms with Crippen molar-refractivity contribution >= 4 is 21.1 Å². The molecule has 2 aliphatic rings. The molecule has 0 aromatic carbocycles. The van der Waals surface area contributed by atoms with Crippen molar-refractivity contribution < 1.29 is 38.4 Å². The van der Waals surface area contributed by atoms with Crippen molar-refractivity contribution in [2.75, 3.05) is 11.9 Å². The Balaban J connectivity index is 1.62. The van der Waals surface area contributed by atoms with Crippen LogP contribution in [0.5, 0.6) is 0 Å². The number of aliphatic hydroxyl groups excluding tert-OH is 1. The van der Waals surface area contributed by atoms with E-state index in [1.54, 1.807) is 6.07 Å². The van der Waals surface area contributed by atoms with E-state index >= 15 is 0 Å². The summed E-state index contributed by atoms with van der Waals surface area (Å²) in [4.78, 5) is 45.0. The van der Waals surface area contributed by atoms with Gasteiger partial charge in [0.05, 0.1) is 0 Å². The van der Waals surface area contributed by atoms with E-state index in [1.165, 1.54) is 10.8 Å². The van der Waals surface area contributed by atoms with E-state index in [0.717, 1.165) is 0 Å². The van der Waals surface area contributed by atoms with E-state index in [4.69, 9.17) is 9.26 Å². The molecule has 0 amide bonds. The zero-order valence-corrected chi connectivity index (χ0v) is 16.1. The van der Waals surface area contributed by atoms with Crippen molar-refractivity contribution in [2.45, 2.75) is 44.7 Å². The summed E-state index contributed by atoms with van der Waals surface area (Å²) >= 11 is 0. The standard InChI is InChI=1S/C12H23N3O9P2/c1-7(2)13-10-3-4-15(12(17)14-10)11-5-8(16)9(22-11)6-21-25(18,19)26(20)23-24-26/h3-4,7-9,11,16,18-20,25-26H,5-6H2,1-2H3,(H,13,14,17)/t8?,9-,11-/m1/s1. The van der Waals surface area contributed by atoms with Crippen LogP contribution >= 0.6 is 15.3 Å². The number of aromatic nitrogens is 2. The number of hydrogen-bond acceptors (Lipinski definition) is 11. The molecule has 0 saturated carbocycles. The molecule has 2 saturated heterocycles. The number of rotatable bonds is 7. The number of nitrogens with zero attached hydrogens (tertiary/aromatic N) is 2. The summed E-state index contributed by atoms with van der Waals surface area (Å²) in [5, 5.41) is 13.1. The van der Waals surface area contributed by atoms with E-state index < -0.39 is 46.0 Å². The molecule has 5 N–H and O–H groups in total. The first-order chi connectivity index (χ1) is 12.1. The molecule has 0 bridgehead atoms. The number of aliphatic hydroxyl groups is 1. The summed E-state index contributed by atoms with van der Waals surface area (Å²) in [5.74, 6) is 0.429. The Morgan fingerprint density at radius 1 is 1.50 bits per heavy atom. The van der Waals surface area contributed by atoms with Gasteiger partial charge in [0, 0.05) is 0 Å². The van der Waals surface area contributed by atoms with Gasteiger partial charge in [-0.15, -0.1) is 0 Å². The van der Waals surface area contributed by atoms with Gasteiger partial charge in [0.15, 0.2) is 0 Å². The molecule has 26 heavy (non-hydrogen) atoms. The van der Waals surface area contributed by atoms with E-state index in [1.807, 2.05) is 13.8 Å². The van der Waals surface area contributed by atoms with Crippen LogP contribution in [0.3, 0.4) is 0 Å².